The molecule has 0 radical (unpaired) electrons. The molecular formula is C10H10ClN3. The van der Waals surface area contributed by atoms with Crippen molar-refractivity contribution >= 4 is 11.6 Å². The van der Waals surface area contributed by atoms with Crippen LogP contribution in [0.2, 0.25) is 0 Å². The van der Waals surface area contributed by atoms with Crippen molar-refractivity contribution in [1.29, 1.82) is 0 Å². The molecule has 0 atom stereocenters. The van der Waals surface area contributed by atoms with Gasteiger partial charge in [0, 0.05) is 24.5 Å². The lowest BCUT2D eigenvalue weighted by atomic mass is 10.3. The molecule has 0 fully saturated rings. The summed E-state index contributed by atoms with van der Waals surface area (Å²) in [6, 6.07) is 2.01. The molecule has 14 heavy (non-hydrogen) atoms. The van der Waals surface area contributed by atoms with Crippen LogP contribution < -0.4 is 0 Å². The molecule has 0 aliphatic carbocycles. The third-order valence-electron chi connectivity index (χ3n) is 2.04. The number of halogens is 1. The molecule has 0 aliphatic rings. The maximum Gasteiger partial charge on any atom is 0.110 e. The van der Waals surface area contributed by atoms with E-state index in [0.717, 1.165) is 17.1 Å². The molecule has 4 heteroatoms. The van der Waals surface area contributed by atoms with Crippen molar-refractivity contribution in [3.63, 3.8) is 0 Å². The second-order valence-electron chi connectivity index (χ2n) is 3.03. The van der Waals surface area contributed by atoms with Gasteiger partial charge in [0.2, 0.25) is 0 Å². The first-order valence-electron chi connectivity index (χ1n) is 4.31. The van der Waals surface area contributed by atoms with Crippen molar-refractivity contribution in [2.24, 2.45) is 0 Å². The smallest absolute Gasteiger partial charge is 0.110 e. The van der Waals surface area contributed by atoms with E-state index < -0.39 is 0 Å². The van der Waals surface area contributed by atoms with Gasteiger partial charge >= 0.3 is 0 Å². The van der Waals surface area contributed by atoms with Crippen molar-refractivity contribution in [2.45, 2.75) is 12.8 Å². The molecule has 0 spiro atoms. The van der Waals surface area contributed by atoms with E-state index in [-0.39, 0.29) is 0 Å². The van der Waals surface area contributed by atoms with E-state index in [2.05, 4.69) is 9.97 Å². The fraction of sp³-hybridized carbons (Fsp3) is 0.200. The molecule has 0 unspecified atom stereocenters. The van der Waals surface area contributed by atoms with Gasteiger partial charge in [-0.05, 0) is 18.6 Å². The van der Waals surface area contributed by atoms with E-state index in [1.165, 1.54) is 0 Å². The summed E-state index contributed by atoms with van der Waals surface area (Å²) in [7, 11) is 0. The van der Waals surface area contributed by atoms with Crippen LogP contribution in [0.15, 0.2) is 30.9 Å². The number of hydrogen-bond acceptors (Lipinski definition) is 2. The summed E-state index contributed by atoms with van der Waals surface area (Å²) in [6.07, 6.45) is 7.24. The van der Waals surface area contributed by atoms with Crippen LogP contribution in [0.25, 0.3) is 5.69 Å². The summed E-state index contributed by atoms with van der Waals surface area (Å²) in [5.41, 5.74) is 2.01. The molecule has 0 saturated heterocycles. The SMILES string of the molecule is Cc1nccn1-c1cncc(CCl)c1. The maximum atomic E-state index is 5.74. The Hall–Kier alpha value is -1.35. The molecule has 0 amide bonds. The summed E-state index contributed by atoms with van der Waals surface area (Å²) in [4.78, 5) is 8.27. The van der Waals surface area contributed by atoms with Crippen LogP contribution in [0, 0.1) is 6.92 Å². The van der Waals surface area contributed by atoms with Crippen molar-refractivity contribution in [3.05, 3.63) is 42.2 Å². The van der Waals surface area contributed by atoms with Crippen LogP contribution in [-0.2, 0) is 5.88 Å². The van der Waals surface area contributed by atoms with Crippen LogP contribution in [0.4, 0.5) is 0 Å². The molecule has 0 bridgehead atoms. The van der Waals surface area contributed by atoms with Crippen molar-refractivity contribution < 1.29 is 0 Å². The molecule has 0 saturated carbocycles. The highest BCUT2D eigenvalue weighted by atomic mass is 35.5. The standard InChI is InChI=1S/C10H10ClN3/c1-8-13-2-3-14(8)10-4-9(5-11)6-12-7-10/h2-4,6-7H,5H2,1H3. The van der Waals surface area contributed by atoms with Crippen LogP contribution in [-0.4, -0.2) is 14.5 Å². The molecule has 0 N–H and O–H groups in total. The van der Waals surface area contributed by atoms with E-state index in [1.54, 1.807) is 18.6 Å². The van der Waals surface area contributed by atoms with Gasteiger partial charge in [-0.1, -0.05) is 0 Å². The van der Waals surface area contributed by atoms with Crippen LogP contribution in [0.1, 0.15) is 11.4 Å². The zero-order valence-corrected chi connectivity index (χ0v) is 8.57. The minimum Gasteiger partial charge on any atom is -0.302 e. The first-order valence-corrected chi connectivity index (χ1v) is 4.85. The van der Waals surface area contributed by atoms with E-state index in [9.17, 15) is 0 Å². The molecule has 0 aliphatic heterocycles. The second kappa shape index (κ2) is 3.80. The van der Waals surface area contributed by atoms with Crippen molar-refractivity contribution in [2.75, 3.05) is 0 Å². The van der Waals surface area contributed by atoms with Gasteiger partial charge in [0.25, 0.3) is 0 Å². The van der Waals surface area contributed by atoms with Crippen LogP contribution in [0.3, 0.4) is 0 Å². The largest absolute Gasteiger partial charge is 0.302 e. The summed E-state index contributed by atoms with van der Waals surface area (Å²) in [5.74, 6) is 1.42. The Morgan fingerprint density at radius 2 is 2.29 bits per heavy atom. The fourth-order valence-corrected chi connectivity index (χ4v) is 1.48. The first-order chi connectivity index (χ1) is 6.81. The molecule has 2 rings (SSSR count). The van der Waals surface area contributed by atoms with E-state index >= 15 is 0 Å². The average Bonchev–Trinajstić information content (AvgIpc) is 2.65. The Balaban J connectivity index is 2.47. The fourth-order valence-electron chi connectivity index (χ4n) is 1.33. The second-order valence-corrected chi connectivity index (χ2v) is 3.30. The summed E-state index contributed by atoms with van der Waals surface area (Å²) in [5, 5.41) is 0. The number of alkyl halides is 1. The number of aryl methyl sites for hydroxylation is 1. The third-order valence-corrected chi connectivity index (χ3v) is 2.35. The lowest BCUT2D eigenvalue weighted by molar-refractivity contribution is 0.960. The molecule has 3 nitrogen and oxygen atoms in total. The number of imidazole rings is 1. The quantitative estimate of drug-likeness (QED) is 0.708. The lowest BCUT2D eigenvalue weighted by Crippen LogP contribution is -1.97. The van der Waals surface area contributed by atoms with Gasteiger partial charge in [0.05, 0.1) is 11.9 Å². The minimum absolute atomic E-state index is 0.481. The highest BCUT2D eigenvalue weighted by molar-refractivity contribution is 6.17. The predicted octanol–water partition coefficient (Wildman–Crippen LogP) is 2.31. The number of hydrogen-bond donors (Lipinski definition) is 0. The van der Waals surface area contributed by atoms with Gasteiger partial charge < -0.3 is 4.57 Å². The van der Waals surface area contributed by atoms with Gasteiger partial charge in [0.15, 0.2) is 0 Å². The zero-order chi connectivity index (χ0) is 9.97. The minimum atomic E-state index is 0.481. The van der Waals surface area contributed by atoms with E-state index in [0.29, 0.717) is 5.88 Å². The van der Waals surface area contributed by atoms with Gasteiger partial charge in [0.1, 0.15) is 5.82 Å². The first kappa shape index (κ1) is 9.21. The van der Waals surface area contributed by atoms with Crippen LogP contribution in [0.5, 0.6) is 0 Å². The van der Waals surface area contributed by atoms with Crippen molar-refractivity contribution in [3.8, 4) is 5.69 Å². The summed E-state index contributed by atoms with van der Waals surface area (Å²) < 4.78 is 1.98. The van der Waals surface area contributed by atoms with Gasteiger partial charge in [-0.3, -0.25) is 4.98 Å². The number of pyridine rings is 1. The number of aromatic nitrogens is 3. The summed E-state index contributed by atoms with van der Waals surface area (Å²) in [6.45, 7) is 1.95. The average molecular weight is 208 g/mol. The van der Waals surface area contributed by atoms with Gasteiger partial charge in [-0.2, -0.15) is 0 Å². The van der Waals surface area contributed by atoms with E-state index in [4.69, 9.17) is 11.6 Å². The molecule has 2 aromatic rings. The van der Waals surface area contributed by atoms with Gasteiger partial charge in [-0.15, -0.1) is 11.6 Å². The van der Waals surface area contributed by atoms with Gasteiger partial charge in [-0.25, -0.2) is 4.98 Å². The zero-order valence-electron chi connectivity index (χ0n) is 7.81. The molecule has 72 valence electrons. The molecule has 2 heterocycles. The maximum absolute atomic E-state index is 5.74. The Bertz CT molecular complexity index is 436. The van der Waals surface area contributed by atoms with Crippen LogP contribution >= 0.6 is 11.6 Å². The normalized spacial score (nSPS) is 10.4. The number of rotatable bonds is 2. The lowest BCUT2D eigenvalue weighted by Gasteiger charge is -2.05. The molecule has 0 aromatic carbocycles. The Morgan fingerprint density at radius 1 is 1.43 bits per heavy atom. The summed E-state index contributed by atoms with van der Waals surface area (Å²) >= 11 is 5.74. The molecule has 2 aromatic heterocycles. The third kappa shape index (κ3) is 1.63. The Morgan fingerprint density at radius 3 is 2.93 bits per heavy atom. The molecular weight excluding hydrogens is 198 g/mol. The number of nitrogens with zero attached hydrogens (tertiary/aromatic N) is 3. The topological polar surface area (TPSA) is 30.7 Å². The van der Waals surface area contributed by atoms with E-state index in [1.807, 2.05) is 23.8 Å². The van der Waals surface area contributed by atoms with Crippen molar-refractivity contribution in [1.82, 2.24) is 14.5 Å². The Kier molecular flexibility index (Phi) is 2.50. The predicted molar refractivity (Wildman–Crippen MR) is 55.7 cm³/mol. The Labute approximate surface area is 87.4 Å². The monoisotopic (exact) mass is 207 g/mol. The highest BCUT2D eigenvalue weighted by Gasteiger charge is 2.01. The highest BCUT2D eigenvalue weighted by Crippen LogP contribution is 2.11.